The van der Waals surface area contributed by atoms with E-state index in [2.05, 4.69) is 152 Å². The number of hydrogen-bond acceptors (Lipinski definition) is 10. The molecule has 97 heavy (non-hydrogen) atoms. The third-order valence-corrected chi connectivity index (χ3v) is 15.1. The van der Waals surface area contributed by atoms with E-state index in [1.807, 2.05) is 97.1 Å². The van der Waals surface area contributed by atoms with Gasteiger partial charge in [-0.15, -0.1) is 0 Å². The number of hydrogen-bond donors (Lipinski definition) is 4. The van der Waals surface area contributed by atoms with E-state index in [4.69, 9.17) is 47.6 Å². The molecule has 0 amide bonds. The molecule has 0 aliphatic rings. The van der Waals surface area contributed by atoms with Gasteiger partial charge in [0.25, 0.3) is 0 Å². The summed E-state index contributed by atoms with van der Waals surface area (Å²) in [4.78, 5) is 27.4. The molecule has 0 saturated heterocycles. The van der Waals surface area contributed by atoms with Gasteiger partial charge in [0.2, 0.25) is 0 Å². The summed E-state index contributed by atoms with van der Waals surface area (Å²) in [5.41, 5.74) is 27.9. The molecule has 0 saturated carbocycles. The average molecular weight is 1800 g/mol. The Kier molecular flexibility index (Phi) is 36.1. The van der Waals surface area contributed by atoms with Gasteiger partial charge in [0.15, 0.2) is 0 Å². The van der Waals surface area contributed by atoms with Gasteiger partial charge < -0.3 is 30.3 Å². The molecule has 10 aromatic carbocycles. The number of aryl methyl sites for hydroxylation is 12. The van der Waals surface area contributed by atoms with E-state index < -0.39 is 17.9 Å². The maximum absolute atomic E-state index is 10.8. The number of phenolic OH excluding ortho intramolecular Hbond substituents is 4. The van der Waals surface area contributed by atoms with Crippen molar-refractivity contribution in [2.75, 3.05) is 0 Å². The van der Waals surface area contributed by atoms with Crippen molar-refractivity contribution in [2.45, 2.75) is 90.0 Å². The number of carbonyl (C=O) groups excluding carboxylic acids is 1. The summed E-state index contributed by atoms with van der Waals surface area (Å²) in [6.07, 6.45) is 6.61. The smallest absolute Gasteiger partial charge is 0 e. The van der Waals surface area contributed by atoms with Crippen LogP contribution in [0.25, 0.3) is 44.5 Å². The summed E-state index contributed by atoms with van der Waals surface area (Å²) in [5.74, 6) is -0.414. The molecule has 0 fully saturated rings. The SMILES string of the molecule is CC(=O)[O-].Cc1cc(C)c(-c2ccc(C=Nc3ccccc3N=Cc3ccc(-c4c(C)cc(C)cc4C)cc3O)c(O)c2)c(C)c1.Cc1cc(C)c(-c2ccc(C=Nc3ccccc3N=Cc3ccc(-c4c(C)cc(C)cc4C)cc3O)c(O)c2)c(C)c1.[Cl][Pt]([Cl])([Cl])[Cl].[K][K].[Na+].[Pt]. The van der Waals surface area contributed by atoms with Crippen LogP contribution in [0.1, 0.15) is 95.9 Å². The maximum Gasteiger partial charge on any atom is 1.00 e. The van der Waals surface area contributed by atoms with Crippen LogP contribution in [0.15, 0.2) is 190 Å². The van der Waals surface area contributed by atoms with Crippen molar-refractivity contribution in [1.29, 1.82) is 0 Å². The van der Waals surface area contributed by atoms with Gasteiger partial charge in [0.05, 0.1) is 22.7 Å². The predicted octanol–water partition coefficient (Wildman–Crippen LogP) is 17.3. The molecule has 19 heteroatoms. The predicted molar refractivity (Wildman–Crippen MR) is 399 cm³/mol. The van der Waals surface area contributed by atoms with Crippen molar-refractivity contribution in [3.05, 3.63) is 259 Å². The van der Waals surface area contributed by atoms with Gasteiger partial charge in [-0.2, -0.15) is 0 Å². The zero-order valence-electron chi connectivity index (χ0n) is 57.5. The number of carboxylic acids is 1. The number of halogens is 4. The quantitative estimate of drug-likeness (QED) is 0.0701. The normalized spacial score (nSPS) is 11.1. The number of phenols is 4. The van der Waals surface area contributed by atoms with Crippen LogP contribution in [0.4, 0.5) is 22.7 Å². The zero-order valence-corrected chi connectivity index (χ0v) is 73.3. The van der Waals surface area contributed by atoms with Crippen LogP contribution in [0.2, 0.25) is 0 Å². The Morgan fingerprint density at radius 2 is 0.515 bits per heavy atom. The second-order valence-electron chi connectivity index (χ2n) is 23.0. The summed E-state index contributed by atoms with van der Waals surface area (Å²) >= 11 is -0.556. The monoisotopic (exact) mass is 1790 g/mol. The number of carbonyl (C=O) groups is 1. The molecule has 0 aromatic heterocycles. The summed E-state index contributed by atoms with van der Waals surface area (Å²) in [5, 5.41) is 52.2. The van der Waals surface area contributed by atoms with E-state index >= 15 is 0 Å². The van der Waals surface area contributed by atoms with Crippen LogP contribution in [0.3, 0.4) is 0 Å². The van der Waals surface area contributed by atoms with Crippen LogP contribution in [-0.4, -0.2) is 114 Å². The van der Waals surface area contributed by atoms with Crippen LogP contribution < -0.4 is 34.7 Å². The Bertz CT molecular complexity index is 3910. The van der Waals surface area contributed by atoms with Gasteiger partial charge in [-0.3, -0.25) is 20.0 Å². The van der Waals surface area contributed by atoms with Crippen LogP contribution in [0, 0.1) is 83.1 Å². The Balaban J connectivity index is 0.000000352. The minimum atomic E-state index is -3.06. The first-order valence-electron chi connectivity index (χ1n) is 30.6. The fourth-order valence-corrected chi connectivity index (χ4v) is 11.7. The van der Waals surface area contributed by atoms with E-state index in [1.54, 1.807) is 49.1 Å². The second kappa shape index (κ2) is 40.9. The first kappa shape index (κ1) is 85.8. The molecule has 0 unspecified atom stereocenters. The number of aromatic hydroxyl groups is 4. The first-order valence-corrected chi connectivity index (χ1v) is 57.9. The standard InChI is InChI=1S/2C38H36N2O2.C2H4O2.4ClH.2K.Na.2Pt/c2*1-23-15-25(3)37(26(4)16-23)29-11-13-31(35(41)19-29)21-39-33-9-7-8-10-34(33)40-22-32-14-12-30(20-36(32)42)38-27(5)17-24(2)18-28(38)6;1-2(3)4;;;;;;;;;/h2*7-22,41-42H,1-6H3;1H3,(H,3,4);4*1H;;;;;/q;;;;;;;;;+1;;+4/p-5. The van der Waals surface area contributed by atoms with Crippen LogP contribution in [0.5, 0.6) is 23.0 Å². The zero-order chi connectivity index (χ0) is 70.0. The van der Waals surface area contributed by atoms with E-state index in [0.29, 0.717) is 45.0 Å². The molecular formula is C78H75Cl4K2N4NaO6Pt2. The van der Waals surface area contributed by atoms with Gasteiger partial charge in [-0.05, 0) is 252 Å². The summed E-state index contributed by atoms with van der Waals surface area (Å²) in [6.45, 7) is 26.1. The molecule has 0 aliphatic heterocycles. The number of benzene rings is 10. The number of nitrogens with zero attached hydrogens (tertiary/aromatic N) is 4. The van der Waals surface area contributed by atoms with E-state index in [1.165, 1.54) is 130 Å². The third-order valence-electron chi connectivity index (χ3n) is 15.1. The fraction of sp³-hybridized carbons (Fsp3) is 0.167. The summed E-state index contributed by atoms with van der Waals surface area (Å²) < 4.78 is 0. The van der Waals surface area contributed by atoms with Crippen molar-refractivity contribution in [1.82, 2.24) is 0 Å². The van der Waals surface area contributed by atoms with Crippen LogP contribution in [-0.2, 0) is 37.8 Å². The average Bonchev–Trinajstić information content (AvgIpc) is 0.828. The van der Waals surface area contributed by atoms with Crippen LogP contribution >= 0.6 is 37.7 Å². The number of carboxylic acid groups (broad SMARTS) is 1. The molecule has 10 aromatic rings. The maximum atomic E-state index is 10.8. The largest absolute Gasteiger partial charge is 1.00 e. The third kappa shape index (κ3) is 26.0. The van der Waals surface area contributed by atoms with Crippen molar-refractivity contribution in [3.63, 3.8) is 0 Å². The molecule has 0 heterocycles. The topological polar surface area (TPSA) is 170 Å². The summed E-state index contributed by atoms with van der Waals surface area (Å²) in [6, 6.07) is 55.1. The summed E-state index contributed by atoms with van der Waals surface area (Å²) in [7, 11) is 20.0. The molecule has 10 nitrogen and oxygen atoms in total. The molecule has 10 rings (SSSR count). The minimum Gasteiger partial charge on any atom is 0 e. The Morgan fingerprint density at radius 1 is 0.361 bits per heavy atom. The Morgan fingerprint density at radius 3 is 0.660 bits per heavy atom. The van der Waals surface area contributed by atoms with Gasteiger partial charge in [-0.25, -0.2) is 0 Å². The molecule has 0 bridgehead atoms. The van der Waals surface area contributed by atoms with Crippen molar-refractivity contribution in [3.8, 4) is 67.5 Å². The number of aliphatic carboxylic acids is 1. The molecule has 494 valence electrons. The van der Waals surface area contributed by atoms with E-state index in [0.717, 1.165) is 51.4 Å². The fourth-order valence-electron chi connectivity index (χ4n) is 11.7. The molecule has 0 spiro atoms. The van der Waals surface area contributed by atoms with Gasteiger partial charge in [0, 0.05) is 74.1 Å². The minimum absolute atomic E-state index is 0. The van der Waals surface area contributed by atoms with Crippen molar-refractivity contribution < 1.29 is 92.8 Å². The Labute approximate surface area is 672 Å². The van der Waals surface area contributed by atoms with Crippen molar-refractivity contribution >= 4 is 154 Å². The van der Waals surface area contributed by atoms with E-state index in [9.17, 15) is 20.4 Å². The molecule has 0 radical (unpaired) electrons. The van der Waals surface area contributed by atoms with Gasteiger partial charge in [0.1, 0.15) is 23.0 Å². The van der Waals surface area contributed by atoms with Gasteiger partial charge in [-0.1, -0.05) is 119 Å². The van der Waals surface area contributed by atoms with Crippen molar-refractivity contribution in [2.24, 2.45) is 20.0 Å². The number of aliphatic imine (C=N–C) groups is 4. The molecule has 0 aliphatic carbocycles. The number of para-hydroxylation sites is 4. The van der Waals surface area contributed by atoms with E-state index in [-0.39, 0.29) is 73.6 Å². The molecule has 4 N–H and O–H groups in total. The first-order chi connectivity index (χ1) is 44.9. The number of rotatable bonds is 12. The van der Waals surface area contributed by atoms with Gasteiger partial charge >= 0.3 is 142 Å². The Hall–Kier alpha value is -3.64. The molecular weight excluding hydrogens is 1720 g/mol. The molecule has 0 atom stereocenters. The second-order valence-corrected chi connectivity index (χ2v) is 42.7.